The molecule has 5 heteroatoms. The standard InChI is InChI=1S/C29H31NO4/c31-29-25(20-32-17-22-10-4-1-5-11-22)26-16-28(34-19-24-14-8-3-9-15-24)27(30(26)29)21-33-18-23-12-6-2-7-13-23/h1-15,25-28H,16-21H2/t25-,26+,27-,28-/m0/s1. The lowest BCUT2D eigenvalue weighted by molar-refractivity contribution is -0.163. The van der Waals surface area contributed by atoms with Gasteiger partial charge in [-0.2, -0.15) is 0 Å². The van der Waals surface area contributed by atoms with Gasteiger partial charge in [-0.1, -0.05) is 91.0 Å². The van der Waals surface area contributed by atoms with Crippen LogP contribution in [0.2, 0.25) is 0 Å². The smallest absolute Gasteiger partial charge is 0.230 e. The van der Waals surface area contributed by atoms with Gasteiger partial charge in [-0.05, 0) is 23.1 Å². The van der Waals surface area contributed by atoms with E-state index in [2.05, 4.69) is 24.3 Å². The van der Waals surface area contributed by atoms with Crippen LogP contribution in [0, 0.1) is 5.92 Å². The van der Waals surface area contributed by atoms with E-state index in [0.717, 1.165) is 23.1 Å². The number of rotatable bonds is 11. The van der Waals surface area contributed by atoms with Crippen molar-refractivity contribution in [2.45, 2.75) is 44.4 Å². The maximum absolute atomic E-state index is 13.1. The quantitative estimate of drug-likeness (QED) is 0.395. The monoisotopic (exact) mass is 457 g/mol. The van der Waals surface area contributed by atoms with E-state index in [4.69, 9.17) is 14.2 Å². The van der Waals surface area contributed by atoms with Crippen molar-refractivity contribution < 1.29 is 19.0 Å². The average Bonchev–Trinajstić information content (AvgIpc) is 3.21. The Bertz CT molecular complexity index is 1040. The molecule has 0 N–H and O–H groups in total. The SMILES string of the molecule is O=C1[C@@H](COCc2ccccc2)[C@H]2C[C@H](OCc3ccccc3)[C@H](COCc3ccccc3)N12. The predicted octanol–water partition coefficient (Wildman–Crippen LogP) is 4.60. The number of carbonyl (C=O) groups is 1. The Labute approximate surface area is 201 Å². The molecule has 0 aromatic heterocycles. The van der Waals surface area contributed by atoms with Crippen molar-refractivity contribution in [3.63, 3.8) is 0 Å². The molecule has 2 aliphatic heterocycles. The Balaban J connectivity index is 1.20. The zero-order valence-corrected chi connectivity index (χ0v) is 19.3. The molecule has 3 aromatic rings. The molecule has 5 nitrogen and oxygen atoms in total. The lowest BCUT2D eigenvalue weighted by Crippen LogP contribution is -2.62. The van der Waals surface area contributed by atoms with Crippen molar-refractivity contribution in [2.75, 3.05) is 13.2 Å². The molecule has 0 unspecified atom stereocenters. The van der Waals surface area contributed by atoms with Crippen LogP contribution < -0.4 is 0 Å². The summed E-state index contributed by atoms with van der Waals surface area (Å²) in [6, 6.07) is 30.4. The van der Waals surface area contributed by atoms with Gasteiger partial charge >= 0.3 is 0 Å². The second-order valence-electron chi connectivity index (χ2n) is 9.06. The van der Waals surface area contributed by atoms with Gasteiger partial charge < -0.3 is 19.1 Å². The average molecular weight is 458 g/mol. The van der Waals surface area contributed by atoms with Crippen molar-refractivity contribution in [1.82, 2.24) is 4.90 Å². The molecule has 176 valence electrons. The van der Waals surface area contributed by atoms with Crippen LogP contribution in [-0.2, 0) is 38.8 Å². The molecule has 2 fully saturated rings. The highest BCUT2D eigenvalue weighted by atomic mass is 16.5. The lowest BCUT2D eigenvalue weighted by atomic mass is 9.88. The molecule has 5 rings (SSSR count). The Kier molecular flexibility index (Phi) is 7.34. The van der Waals surface area contributed by atoms with E-state index in [-0.39, 0.29) is 30.0 Å². The largest absolute Gasteiger partial charge is 0.376 e. The second-order valence-corrected chi connectivity index (χ2v) is 9.06. The molecule has 3 aromatic carbocycles. The summed E-state index contributed by atoms with van der Waals surface area (Å²) in [5.74, 6) is 0.0443. The fraction of sp³-hybridized carbons (Fsp3) is 0.345. The van der Waals surface area contributed by atoms with E-state index in [9.17, 15) is 4.79 Å². The van der Waals surface area contributed by atoms with Crippen LogP contribution in [0.4, 0.5) is 0 Å². The Morgan fingerprint density at radius 1 is 0.676 bits per heavy atom. The lowest BCUT2D eigenvalue weighted by Gasteiger charge is -2.45. The molecule has 1 amide bonds. The first kappa shape index (κ1) is 22.8. The summed E-state index contributed by atoms with van der Waals surface area (Å²) in [5.41, 5.74) is 3.38. The molecular weight excluding hydrogens is 426 g/mol. The van der Waals surface area contributed by atoms with Crippen LogP contribution in [0.15, 0.2) is 91.0 Å². The van der Waals surface area contributed by atoms with E-state index in [0.29, 0.717) is 33.0 Å². The van der Waals surface area contributed by atoms with Crippen molar-refractivity contribution in [1.29, 1.82) is 0 Å². The highest BCUT2D eigenvalue weighted by molar-refractivity contribution is 5.87. The normalized spacial score (nSPS) is 23.5. The van der Waals surface area contributed by atoms with E-state index >= 15 is 0 Å². The molecule has 0 spiro atoms. The summed E-state index contributed by atoms with van der Waals surface area (Å²) in [6.45, 7) is 2.49. The molecule has 0 aliphatic carbocycles. The van der Waals surface area contributed by atoms with E-state index in [1.807, 2.05) is 71.6 Å². The number of β-lactam (4-membered cyclic amide) rings is 1. The Hall–Kier alpha value is -2.99. The first-order valence-electron chi connectivity index (χ1n) is 12.0. The number of ether oxygens (including phenoxy) is 3. The maximum atomic E-state index is 13.1. The summed E-state index contributed by atoms with van der Waals surface area (Å²) < 4.78 is 18.3. The molecule has 0 bridgehead atoms. The number of amides is 1. The van der Waals surface area contributed by atoms with Crippen LogP contribution in [0.25, 0.3) is 0 Å². The van der Waals surface area contributed by atoms with Gasteiger partial charge in [0.15, 0.2) is 0 Å². The predicted molar refractivity (Wildman–Crippen MR) is 130 cm³/mol. The summed E-state index contributed by atoms with van der Waals surface area (Å²) >= 11 is 0. The highest BCUT2D eigenvalue weighted by Gasteiger charge is 2.57. The molecule has 0 saturated carbocycles. The number of hydrogen-bond donors (Lipinski definition) is 0. The summed E-state index contributed by atoms with van der Waals surface area (Å²) in [5, 5.41) is 0. The van der Waals surface area contributed by atoms with Gasteiger partial charge in [-0.25, -0.2) is 0 Å². The van der Waals surface area contributed by atoms with Gasteiger partial charge in [0, 0.05) is 6.04 Å². The van der Waals surface area contributed by atoms with Crippen molar-refractivity contribution in [3.8, 4) is 0 Å². The van der Waals surface area contributed by atoms with Crippen LogP contribution in [0.5, 0.6) is 0 Å². The fourth-order valence-corrected chi connectivity index (χ4v) is 4.97. The Morgan fingerprint density at radius 2 is 1.18 bits per heavy atom. The van der Waals surface area contributed by atoms with Crippen LogP contribution in [-0.4, -0.2) is 42.2 Å². The van der Waals surface area contributed by atoms with Crippen molar-refractivity contribution in [3.05, 3.63) is 108 Å². The van der Waals surface area contributed by atoms with Crippen molar-refractivity contribution in [2.24, 2.45) is 5.92 Å². The first-order valence-corrected chi connectivity index (χ1v) is 12.0. The van der Waals surface area contributed by atoms with Crippen LogP contribution in [0.3, 0.4) is 0 Å². The molecule has 34 heavy (non-hydrogen) atoms. The minimum Gasteiger partial charge on any atom is -0.376 e. The minimum atomic E-state index is -0.106. The zero-order valence-electron chi connectivity index (χ0n) is 19.3. The maximum Gasteiger partial charge on any atom is 0.230 e. The second kappa shape index (κ2) is 11.0. The van der Waals surface area contributed by atoms with Gasteiger partial charge in [0.25, 0.3) is 0 Å². The molecule has 2 aliphatic rings. The number of nitrogens with zero attached hydrogens (tertiary/aromatic N) is 1. The highest BCUT2D eigenvalue weighted by Crippen LogP contribution is 2.41. The Morgan fingerprint density at radius 3 is 1.74 bits per heavy atom. The summed E-state index contributed by atoms with van der Waals surface area (Å²) in [4.78, 5) is 15.1. The number of benzene rings is 3. The molecule has 4 atom stereocenters. The molecule has 2 saturated heterocycles. The molecule has 2 heterocycles. The van der Waals surface area contributed by atoms with Gasteiger partial charge in [0.2, 0.25) is 5.91 Å². The first-order chi connectivity index (χ1) is 16.8. The molecule has 0 radical (unpaired) electrons. The fourth-order valence-electron chi connectivity index (χ4n) is 4.97. The number of fused-ring (bicyclic) bond motifs is 1. The summed E-state index contributed by atoms with van der Waals surface area (Å²) in [7, 11) is 0. The molecular formula is C29H31NO4. The third-order valence-corrected chi connectivity index (χ3v) is 6.77. The van der Waals surface area contributed by atoms with E-state index < -0.39 is 0 Å². The van der Waals surface area contributed by atoms with Gasteiger partial charge in [-0.3, -0.25) is 4.79 Å². The van der Waals surface area contributed by atoms with Gasteiger partial charge in [0.05, 0.1) is 51.1 Å². The zero-order chi connectivity index (χ0) is 23.2. The van der Waals surface area contributed by atoms with Gasteiger partial charge in [0.1, 0.15) is 0 Å². The topological polar surface area (TPSA) is 48.0 Å². The third kappa shape index (κ3) is 5.22. The number of hydrogen-bond acceptors (Lipinski definition) is 4. The van der Waals surface area contributed by atoms with Crippen LogP contribution >= 0.6 is 0 Å². The van der Waals surface area contributed by atoms with Gasteiger partial charge in [-0.15, -0.1) is 0 Å². The van der Waals surface area contributed by atoms with Crippen molar-refractivity contribution >= 4 is 5.91 Å². The number of carbonyl (C=O) groups excluding carboxylic acids is 1. The summed E-state index contributed by atoms with van der Waals surface area (Å²) in [6.07, 6.45) is 0.765. The third-order valence-electron chi connectivity index (χ3n) is 6.77. The van der Waals surface area contributed by atoms with E-state index in [1.165, 1.54) is 0 Å². The van der Waals surface area contributed by atoms with Crippen LogP contribution in [0.1, 0.15) is 23.1 Å². The van der Waals surface area contributed by atoms with E-state index in [1.54, 1.807) is 0 Å². The minimum absolute atomic E-state index is 0.0518.